The largest absolute Gasteiger partial charge is 0.495 e. The van der Waals surface area contributed by atoms with Crippen molar-refractivity contribution in [1.82, 2.24) is 4.31 Å². The lowest BCUT2D eigenvalue weighted by Crippen LogP contribution is -2.35. The van der Waals surface area contributed by atoms with E-state index in [-0.39, 0.29) is 17.5 Å². The molecule has 0 amide bonds. The second-order valence-corrected chi connectivity index (χ2v) is 7.29. The van der Waals surface area contributed by atoms with Crippen LogP contribution in [0.3, 0.4) is 0 Å². The zero-order valence-electron chi connectivity index (χ0n) is 12.6. The Kier molecular flexibility index (Phi) is 5.24. The topological polar surface area (TPSA) is 66.8 Å². The van der Waals surface area contributed by atoms with Crippen molar-refractivity contribution in [2.75, 3.05) is 20.3 Å². The minimum absolute atomic E-state index is 0.0210. The molecule has 2 rings (SSSR count). The van der Waals surface area contributed by atoms with Gasteiger partial charge in [-0.15, -0.1) is 0 Å². The molecule has 6 heteroatoms. The summed E-state index contributed by atoms with van der Waals surface area (Å²) in [5, 5.41) is 8.96. The third kappa shape index (κ3) is 3.39. The molecule has 21 heavy (non-hydrogen) atoms. The van der Waals surface area contributed by atoms with Gasteiger partial charge in [-0.1, -0.05) is 6.07 Å². The molecule has 118 valence electrons. The van der Waals surface area contributed by atoms with Gasteiger partial charge in [0.25, 0.3) is 0 Å². The van der Waals surface area contributed by atoms with Crippen LogP contribution in [0, 0.1) is 6.92 Å². The number of methoxy groups -OCH3 is 1. The fourth-order valence-electron chi connectivity index (χ4n) is 2.85. The average molecular weight is 313 g/mol. The molecular weight excluding hydrogens is 290 g/mol. The van der Waals surface area contributed by atoms with Crippen LogP contribution in [0.2, 0.25) is 0 Å². The third-order valence-electron chi connectivity index (χ3n) is 3.92. The number of aryl methyl sites for hydroxylation is 1. The van der Waals surface area contributed by atoms with Crippen molar-refractivity contribution in [1.29, 1.82) is 0 Å². The summed E-state index contributed by atoms with van der Waals surface area (Å²) in [6.07, 6.45) is 3.04. The van der Waals surface area contributed by atoms with Gasteiger partial charge in [-0.05, 0) is 50.3 Å². The van der Waals surface area contributed by atoms with Gasteiger partial charge in [0, 0.05) is 19.2 Å². The van der Waals surface area contributed by atoms with Gasteiger partial charge in [0.15, 0.2) is 0 Å². The zero-order valence-corrected chi connectivity index (χ0v) is 13.4. The van der Waals surface area contributed by atoms with Gasteiger partial charge in [0.1, 0.15) is 10.6 Å². The predicted molar refractivity (Wildman–Crippen MR) is 81.0 cm³/mol. The van der Waals surface area contributed by atoms with Crippen molar-refractivity contribution in [3.8, 4) is 5.75 Å². The van der Waals surface area contributed by atoms with Gasteiger partial charge >= 0.3 is 0 Å². The molecule has 1 aromatic rings. The van der Waals surface area contributed by atoms with Gasteiger partial charge in [-0.3, -0.25) is 0 Å². The van der Waals surface area contributed by atoms with Crippen molar-refractivity contribution in [3.05, 3.63) is 23.8 Å². The number of hydrogen-bond donors (Lipinski definition) is 1. The van der Waals surface area contributed by atoms with Gasteiger partial charge in [0.05, 0.1) is 7.11 Å². The average Bonchev–Trinajstić information content (AvgIpc) is 2.94. The molecule has 1 aliphatic rings. The first-order chi connectivity index (χ1) is 10.0. The Morgan fingerprint density at radius 2 is 2.19 bits per heavy atom. The van der Waals surface area contributed by atoms with E-state index in [2.05, 4.69) is 0 Å². The van der Waals surface area contributed by atoms with Crippen molar-refractivity contribution < 1.29 is 18.3 Å². The third-order valence-corrected chi connectivity index (χ3v) is 5.90. The molecule has 0 aliphatic carbocycles. The van der Waals surface area contributed by atoms with Crippen LogP contribution in [0.15, 0.2) is 23.1 Å². The van der Waals surface area contributed by atoms with Gasteiger partial charge in [-0.2, -0.15) is 4.31 Å². The molecule has 0 saturated carbocycles. The first-order valence-electron chi connectivity index (χ1n) is 7.28. The highest BCUT2D eigenvalue weighted by molar-refractivity contribution is 7.89. The minimum Gasteiger partial charge on any atom is -0.495 e. The van der Waals surface area contributed by atoms with E-state index in [0.29, 0.717) is 25.1 Å². The van der Waals surface area contributed by atoms with Crippen LogP contribution in [0.1, 0.15) is 31.2 Å². The molecule has 0 spiro atoms. The molecule has 1 N–H and O–H groups in total. The molecular formula is C15H23NO4S. The summed E-state index contributed by atoms with van der Waals surface area (Å²) in [4.78, 5) is 0.237. The summed E-state index contributed by atoms with van der Waals surface area (Å²) >= 11 is 0. The van der Waals surface area contributed by atoms with E-state index >= 15 is 0 Å². The summed E-state index contributed by atoms with van der Waals surface area (Å²) in [7, 11) is -2.07. The molecule has 1 atom stereocenters. The van der Waals surface area contributed by atoms with Gasteiger partial charge < -0.3 is 9.84 Å². The molecule has 1 unspecified atom stereocenters. The van der Waals surface area contributed by atoms with Crippen LogP contribution >= 0.6 is 0 Å². The van der Waals surface area contributed by atoms with E-state index in [0.717, 1.165) is 18.4 Å². The van der Waals surface area contributed by atoms with Crippen molar-refractivity contribution in [3.63, 3.8) is 0 Å². The predicted octanol–water partition coefficient (Wildman–Crippen LogP) is 1.93. The molecule has 1 saturated heterocycles. The highest BCUT2D eigenvalue weighted by atomic mass is 32.2. The van der Waals surface area contributed by atoms with Crippen molar-refractivity contribution in [2.24, 2.45) is 0 Å². The zero-order chi connectivity index (χ0) is 15.5. The lowest BCUT2D eigenvalue weighted by molar-refractivity contribution is 0.264. The summed E-state index contributed by atoms with van der Waals surface area (Å²) in [6, 6.07) is 5.18. The lowest BCUT2D eigenvalue weighted by atomic mass is 10.1. The Bertz CT molecular complexity index is 585. The number of nitrogens with zero attached hydrogens (tertiary/aromatic N) is 1. The number of rotatable bonds is 6. The van der Waals surface area contributed by atoms with E-state index in [9.17, 15) is 8.42 Å². The van der Waals surface area contributed by atoms with Crippen LogP contribution in [-0.2, 0) is 10.0 Å². The highest BCUT2D eigenvalue weighted by Crippen LogP contribution is 2.33. The van der Waals surface area contributed by atoms with E-state index in [4.69, 9.17) is 9.84 Å². The molecule has 1 aromatic carbocycles. The van der Waals surface area contributed by atoms with Crippen LogP contribution in [0.4, 0.5) is 0 Å². The van der Waals surface area contributed by atoms with Crippen LogP contribution in [0.5, 0.6) is 5.75 Å². The highest BCUT2D eigenvalue weighted by Gasteiger charge is 2.36. The summed E-state index contributed by atoms with van der Waals surface area (Å²) in [6.45, 7) is 2.50. The molecule has 1 heterocycles. The standard InChI is InChI=1S/C15H23NO4S/c1-12-7-8-14(20-2)15(11-12)21(18,19)16-9-3-5-13(16)6-4-10-17/h7-8,11,13,17H,3-6,9-10H2,1-2H3. The Balaban J connectivity index is 2.35. The van der Waals surface area contributed by atoms with Crippen molar-refractivity contribution in [2.45, 2.75) is 43.5 Å². The number of hydrogen-bond acceptors (Lipinski definition) is 4. The van der Waals surface area contributed by atoms with Crippen LogP contribution in [0.25, 0.3) is 0 Å². The number of benzene rings is 1. The Labute approximate surface area is 126 Å². The van der Waals surface area contributed by atoms with Crippen LogP contribution < -0.4 is 4.74 Å². The van der Waals surface area contributed by atoms with Crippen LogP contribution in [-0.4, -0.2) is 44.1 Å². The van der Waals surface area contributed by atoms with Gasteiger partial charge in [-0.25, -0.2) is 8.42 Å². The fourth-order valence-corrected chi connectivity index (χ4v) is 4.82. The summed E-state index contributed by atoms with van der Waals surface area (Å²) < 4.78 is 32.6. The molecule has 0 radical (unpaired) electrons. The second kappa shape index (κ2) is 6.77. The molecule has 5 nitrogen and oxygen atoms in total. The van der Waals surface area contributed by atoms with E-state index in [1.807, 2.05) is 13.0 Å². The number of ether oxygens (including phenoxy) is 1. The number of sulfonamides is 1. The Morgan fingerprint density at radius 3 is 2.86 bits per heavy atom. The smallest absolute Gasteiger partial charge is 0.247 e. The first-order valence-corrected chi connectivity index (χ1v) is 8.72. The van der Waals surface area contributed by atoms with Gasteiger partial charge in [0.2, 0.25) is 10.0 Å². The van der Waals surface area contributed by atoms with E-state index in [1.54, 1.807) is 16.4 Å². The summed E-state index contributed by atoms with van der Waals surface area (Å²) in [5.74, 6) is 0.383. The minimum atomic E-state index is -3.56. The number of aliphatic hydroxyl groups excluding tert-OH is 1. The molecule has 1 fully saturated rings. The normalized spacial score (nSPS) is 19.9. The number of aliphatic hydroxyl groups is 1. The fraction of sp³-hybridized carbons (Fsp3) is 0.600. The Morgan fingerprint density at radius 1 is 1.43 bits per heavy atom. The maximum absolute atomic E-state index is 12.9. The molecule has 0 bridgehead atoms. The van der Waals surface area contributed by atoms with E-state index < -0.39 is 10.0 Å². The van der Waals surface area contributed by atoms with Crippen molar-refractivity contribution >= 4 is 10.0 Å². The Hall–Kier alpha value is -1.11. The lowest BCUT2D eigenvalue weighted by Gasteiger charge is -2.25. The second-order valence-electron chi connectivity index (χ2n) is 5.43. The molecule has 0 aromatic heterocycles. The molecule has 1 aliphatic heterocycles. The quantitative estimate of drug-likeness (QED) is 0.871. The van der Waals surface area contributed by atoms with E-state index in [1.165, 1.54) is 7.11 Å². The maximum atomic E-state index is 12.9. The SMILES string of the molecule is COc1ccc(C)cc1S(=O)(=O)N1CCCC1CCCO. The summed E-state index contributed by atoms with van der Waals surface area (Å²) in [5.41, 5.74) is 0.889. The monoisotopic (exact) mass is 313 g/mol. The first kappa shape index (κ1) is 16.3. The maximum Gasteiger partial charge on any atom is 0.247 e.